The summed E-state index contributed by atoms with van der Waals surface area (Å²) in [6.45, 7) is 0. The average molecular weight is 238 g/mol. The number of hydrogen-bond acceptors (Lipinski definition) is 3. The van der Waals surface area contributed by atoms with Gasteiger partial charge < -0.3 is 10.2 Å². The minimum absolute atomic E-state index is 0.0613. The predicted molar refractivity (Wildman–Crippen MR) is 67.6 cm³/mol. The number of rotatable bonds is 0. The minimum Gasteiger partial charge on any atom is -0.393 e. The average Bonchev–Trinajstić information content (AvgIpc) is 2.64. The Labute approximate surface area is 103 Å². The molecule has 0 heterocycles. The molecule has 96 valence electrons. The first-order chi connectivity index (χ1) is 8.18. The molecular formula is C14H22O3. The highest BCUT2D eigenvalue weighted by atomic mass is 16.3. The molecule has 17 heavy (non-hydrogen) atoms. The number of hydrogen-bond donors (Lipinski definition) is 2. The van der Waals surface area contributed by atoms with Gasteiger partial charge in [0.2, 0.25) is 0 Å². The SMILES string of the molecule is O=C1C=CC(O)CCC1.OC1CC=CCCC1. The summed E-state index contributed by atoms with van der Waals surface area (Å²) in [5.41, 5.74) is 0. The molecule has 2 atom stereocenters. The van der Waals surface area contributed by atoms with Crippen LogP contribution in [0.4, 0.5) is 0 Å². The van der Waals surface area contributed by atoms with Gasteiger partial charge >= 0.3 is 0 Å². The van der Waals surface area contributed by atoms with E-state index >= 15 is 0 Å². The van der Waals surface area contributed by atoms with Crippen LogP contribution in [0.3, 0.4) is 0 Å². The summed E-state index contributed by atoms with van der Waals surface area (Å²) >= 11 is 0. The lowest BCUT2D eigenvalue weighted by Gasteiger charge is -2.01. The fourth-order valence-corrected chi connectivity index (χ4v) is 1.84. The number of ketones is 1. The van der Waals surface area contributed by atoms with Gasteiger partial charge in [-0.25, -0.2) is 0 Å². The van der Waals surface area contributed by atoms with Crippen molar-refractivity contribution < 1.29 is 15.0 Å². The molecule has 0 aliphatic heterocycles. The summed E-state index contributed by atoms with van der Waals surface area (Å²) in [5.74, 6) is 0.131. The molecule has 2 unspecified atom stereocenters. The second-order valence-electron chi connectivity index (χ2n) is 4.58. The van der Waals surface area contributed by atoms with Crippen molar-refractivity contribution in [1.82, 2.24) is 0 Å². The Bertz CT molecular complexity index is 281. The van der Waals surface area contributed by atoms with E-state index in [1.54, 1.807) is 6.08 Å². The van der Waals surface area contributed by atoms with Crippen LogP contribution >= 0.6 is 0 Å². The molecule has 2 rings (SSSR count). The van der Waals surface area contributed by atoms with Gasteiger partial charge in [0, 0.05) is 6.42 Å². The highest BCUT2D eigenvalue weighted by Gasteiger charge is 2.06. The summed E-state index contributed by atoms with van der Waals surface area (Å²) in [7, 11) is 0. The molecule has 0 bridgehead atoms. The number of aliphatic hydroxyl groups excluding tert-OH is 2. The normalized spacial score (nSPS) is 28.9. The molecule has 2 N–H and O–H groups in total. The van der Waals surface area contributed by atoms with E-state index in [2.05, 4.69) is 12.2 Å². The van der Waals surface area contributed by atoms with Crippen LogP contribution in [0.25, 0.3) is 0 Å². The lowest BCUT2D eigenvalue weighted by Crippen LogP contribution is -2.01. The van der Waals surface area contributed by atoms with Gasteiger partial charge in [-0.1, -0.05) is 18.2 Å². The van der Waals surface area contributed by atoms with Crippen LogP contribution < -0.4 is 0 Å². The van der Waals surface area contributed by atoms with Gasteiger partial charge in [-0.15, -0.1) is 0 Å². The van der Waals surface area contributed by atoms with Crippen molar-refractivity contribution in [2.45, 2.75) is 57.2 Å². The van der Waals surface area contributed by atoms with E-state index < -0.39 is 6.10 Å². The first kappa shape index (κ1) is 14.1. The van der Waals surface area contributed by atoms with Crippen molar-refractivity contribution in [2.75, 3.05) is 0 Å². The third kappa shape index (κ3) is 7.08. The fourth-order valence-electron chi connectivity index (χ4n) is 1.84. The van der Waals surface area contributed by atoms with E-state index in [0.29, 0.717) is 6.42 Å². The molecule has 2 aliphatic carbocycles. The molecule has 0 aromatic rings. The Hall–Kier alpha value is -0.930. The maximum Gasteiger partial charge on any atom is 0.155 e. The quantitative estimate of drug-likeness (QED) is 0.636. The number of carbonyl (C=O) groups excluding carboxylic acids is 1. The van der Waals surface area contributed by atoms with E-state index in [9.17, 15) is 4.79 Å². The third-order valence-electron chi connectivity index (χ3n) is 2.91. The molecule has 0 aromatic carbocycles. The Morgan fingerprint density at radius 2 is 1.94 bits per heavy atom. The molecule has 0 aromatic heterocycles. The van der Waals surface area contributed by atoms with Crippen molar-refractivity contribution in [3.63, 3.8) is 0 Å². The summed E-state index contributed by atoms with van der Waals surface area (Å²) in [4.78, 5) is 10.6. The van der Waals surface area contributed by atoms with E-state index in [-0.39, 0.29) is 11.9 Å². The maximum absolute atomic E-state index is 10.6. The number of allylic oxidation sites excluding steroid dienone is 2. The van der Waals surface area contributed by atoms with Crippen LogP contribution in [0.5, 0.6) is 0 Å². The van der Waals surface area contributed by atoms with Crippen LogP contribution in [-0.4, -0.2) is 28.2 Å². The Kier molecular flexibility index (Phi) is 6.82. The molecule has 0 amide bonds. The van der Waals surface area contributed by atoms with Crippen molar-refractivity contribution in [3.05, 3.63) is 24.3 Å². The molecule has 0 fully saturated rings. The summed E-state index contributed by atoms with van der Waals surface area (Å²) in [6, 6.07) is 0. The second-order valence-corrected chi connectivity index (χ2v) is 4.58. The zero-order chi connectivity index (χ0) is 12.5. The molecular weight excluding hydrogens is 216 g/mol. The van der Waals surface area contributed by atoms with Crippen LogP contribution in [0.15, 0.2) is 24.3 Å². The maximum atomic E-state index is 10.6. The van der Waals surface area contributed by atoms with Crippen molar-refractivity contribution in [3.8, 4) is 0 Å². The van der Waals surface area contributed by atoms with Crippen molar-refractivity contribution in [2.24, 2.45) is 0 Å². The summed E-state index contributed by atoms with van der Waals surface area (Å²) in [6.07, 6.45) is 13.1. The van der Waals surface area contributed by atoms with Gasteiger partial charge in [-0.2, -0.15) is 0 Å². The summed E-state index contributed by atoms with van der Waals surface area (Å²) < 4.78 is 0. The molecule has 0 saturated heterocycles. The Morgan fingerprint density at radius 3 is 2.76 bits per heavy atom. The standard InChI is InChI=1S/C7H10O2.C7H12O/c8-6-2-1-3-7(9)5-4-6;8-7-5-3-1-2-4-6-7/h4-6,8H,1-3H2;1,3,7-8H,2,4-6H2. The zero-order valence-corrected chi connectivity index (χ0v) is 10.2. The van der Waals surface area contributed by atoms with Gasteiger partial charge in [-0.05, 0) is 44.6 Å². The van der Waals surface area contributed by atoms with Gasteiger partial charge in [-0.3, -0.25) is 4.79 Å². The lowest BCUT2D eigenvalue weighted by molar-refractivity contribution is -0.114. The zero-order valence-electron chi connectivity index (χ0n) is 10.2. The van der Waals surface area contributed by atoms with Crippen LogP contribution in [0.1, 0.15) is 44.9 Å². The number of aliphatic hydroxyl groups is 2. The van der Waals surface area contributed by atoms with Crippen LogP contribution in [0, 0.1) is 0 Å². The first-order valence-electron chi connectivity index (χ1n) is 6.40. The monoisotopic (exact) mass is 238 g/mol. The molecule has 3 nitrogen and oxygen atoms in total. The van der Waals surface area contributed by atoms with E-state index in [1.807, 2.05) is 0 Å². The molecule has 2 aliphatic rings. The van der Waals surface area contributed by atoms with E-state index in [1.165, 1.54) is 6.08 Å². The smallest absolute Gasteiger partial charge is 0.155 e. The van der Waals surface area contributed by atoms with Crippen molar-refractivity contribution in [1.29, 1.82) is 0 Å². The largest absolute Gasteiger partial charge is 0.393 e. The summed E-state index contributed by atoms with van der Waals surface area (Å²) in [5, 5.41) is 18.0. The topological polar surface area (TPSA) is 57.5 Å². The van der Waals surface area contributed by atoms with Gasteiger partial charge in [0.15, 0.2) is 5.78 Å². The third-order valence-corrected chi connectivity index (χ3v) is 2.91. The first-order valence-corrected chi connectivity index (χ1v) is 6.40. The second kappa shape index (κ2) is 8.20. The van der Waals surface area contributed by atoms with E-state index in [0.717, 1.165) is 38.5 Å². The highest BCUT2D eigenvalue weighted by molar-refractivity contribution is 5.89. The van der Waals surface area contributed by atoms with Gasteiger partial charge in [0.1, 0.15) is 0 Å². The predicted octanol–water partition coefficient (Wildman–Crippen LogP) is 2.13. The van der Waals surface area contributed by atoms with E-state index in [4.69, 9.17) is 10.2 Å². The molecule has 0 spiro atoms. The Balaban J connectivity index is 0.000000171. The van der Waals surface area contributed by atoms with Crippen LogP contribution in [-0.2, 0) is 4.79 Å². The van der Waals surface area contributed by atoms with Crippen molar-refractivity contribution >= 4 is 5.78 Å². The minimum atomic E-state index is -0.392. The fraction of sp³-hybridized carbons (Fsp3) is 0.643. The lowest BCUT2D eigenvalue weighted by atomic mass is 10.2. The number of carbonyl (C=O) groups is 1. The highest BCUT2D eigenvalue weighted by Crippen LogP contribution is 2.10. The molecule has 3 heteroatoms. The Morgan fingerprint density at radius 1 is 1.12 bits per heavy atom. The van der Waals surface area contributed by atoms with Gasteiger partial charge in [0.05, 0.1) is 12.2 Å². The molecule has 0 radical (unpaired) electrons. The van der Waals surface area contributed by atoms with Gasteiger partial charge in [0.25, 0.3) is 0 Å². The van der Waals surface area contributed by atoms with Crippen LogP contribution in [0.2, 0.25) is 0 Å². The molecule has 0 saturated carbocycles.